The number of para-hydroxylation sites is 2. The molecule has 140 valence electrons. The SMILES string of the molecule is C[N+]1(C)[C@@H]2CC[C@H]1CC(OC(=O)C1c3ccccc3Oc3ccccc31)C2. The standard InChI is InChI=1S/C23H26NO3/c1-24(2)15-11-12-16(24)14-17(13-15)26-23(25)22-18-7-3-5-9-20(18)27-21-10-6-4-8-19(21)22/h3-10,15-17,22H,11-14H2,1-2H3/q+1/t15-,16+,17?. The Bertz CT molecular complexity index is 829. The highest BCUT2D eigenvalue weighted by Gasteiger charge is 2.50. The summed E-state index contributed by atoms with van der Waals surface area (Å²) in [6, 6.07) is 16.8. The van der Waals surface area contributed by atoms with Gasteiger partial charge in [-0.15, -0.1) is 0 Å². The Labute approximate surface area is 160 Å². The molecule has 0 spiro atoms. The number of benzene rings is 2. The molecule has 3 aliphatic rings. The molecule has 0 aliphatic carbocycles. The summed E-state index contributed by atoms with van der Waals surface area (Å²) >= 11 is 0. The first-order chi connectivity index (χ1) is 13.0. The molecule has 2 aromatic carbocycles. The fourth-order valence-corrected chi connectivity index (χ4v) is 5.32. The summed E-state index contributed by atoms with van der Waals surface area (Å²) in [5, 5.41) is 0. The lowest BCUT2D eigenvalue weighted by Gasteiger charge is -2.44. The molecule has 5 rings (SSSR count). The number of nitrogens with zero attached hydrogens (tertiary/aromatic N) is 1. The fraction of sp³-hybridized carbons (Fsp3) is 0.435. The number of piperidine rings is 1. The van der Waals surface area contributed by atoms with Crippen LogP contribution in [-0.2, 0) is 9.53 Å². The van der Waals surface area contributed by atoms with Gasteiger partial charge in [0.1, 0.15) is 23.5 Å². The van der Waals surface area contributed by atoms with Crippen LogP contribution in [0.5, 0.6) is 11.5 Å². The van der Waals surface area contributed by atoms with Crippen LogP contribution in [0.4, 0.5) is 0 Å². The number of rotatable bonds is 2. The van der Waals surface area contributed by atoms with E-state index < -0.39 is 5.92 Å². The van der Waals surface area contributed by atoms with Gasteiger partial charge >= 0.3 is 5.97 Å². The fourth-order valence-electron chi connectivity index (χ4n) is 5.32. The lowest BCUT2D eigenvalue weighted by Crippen LogP contribution is -2.56. The van der Waals surface area contributed by atoms with Gasteiger partial charge in [0.25, 0.3) is 0 Å². The van der Waals surface area contributed by atoms with Crippen LogP contribution in [-0.4, -0.2) is 42.7 Å². The van der Waals surface area contributed by atoms with Crippen LogP contribution in [0.2, 0.25) is 0 Å². The molecule has 0 radical (unpaired) electrons. The molecule has 4 nitrogen and oxygen atoms in total. The molecule has 2 saturated heterocycles. The summed E-state index contributed by atoms with van der Waals surface area (Å²) in [5.41, 5.74) is 1.80. The van der Waals surface area contributed by atoms with Crippen molar-refractivity contribution >= 4 is 5.97 Å². The topological polar surface area (TPSA) is 35.5 Å². The van der Waals surface area contributed by atoms with Crippen molar-refractivity contribution in [1.29, 1.82) is 0 Å². The molecule has 2 aromatic rings. The lowest BCUT2D eigenvalue weighted by atomic mass is 9.88. The maximum atomic E-state index is 13.3. The Kier molecular flexibility index (Phi) is 3.80. The number of esters is 1. The first-order valence-electron chi connectivity index (χ1n) is 9.93. The summed E-state index contributed by atoms with van der Waals surface area (Å²) in [4.78, 5) is 13.3. The monoisotopic (exact) mass is 364 g/mol. The van der Waals surface area contributed by atoms with Crippen molar-refractivity contribution < 1.29 is 18.8 Å². The van der Waals surface area contributed by atoms with Crippen LogP contribution >= 0.6 is 0 Å². The summed E-state index contributed by atoms with van der Waals surface area (Å²) in [7, 11) is 4.65. The van der Waals surface area contributed by atoms with Gasteiger partial charge in [-0.05, 0) is 12.1 Å². The van der Waals surface area contributed by atoms with Crippen LogP contribution < -0.4 is 4.74 Å². The zero-order valence-corrected chi connectivity index (χ0v) is 15.9. The van der Waals surface area contributed by atoms with E-state index in [1.165, 1.54) is 12.8 Å². The molecule has 0 amide bonds. The molecule has 0 N–H and O–H groups in total. The molecule has 1 unspecified atom stereocenters. The predicted molar refractivity (Wildman–Crippen MR) is 103 cm³/mol. The third kappa shape index (κ3) is 2.66. The largest absolute Gasteiger partial charge is 0.461 e. The zero-order chi connectivity index (χ0) is 18.6. The van der Waals surface area contributed by atoms with Gasteiger partial charge in [-0.2, -0.15) is 0 Å². The van der Waals surface area contributed by atoms with Crippen molar-refractivity contribution in [3.8, 4) is 11.5 Å². The third-order valence-electron chi connectivity index (χ3n) is 6.98. The summed E-state index contributed by atoms with van der Waals surface area (Å²) in [6.45, 7) is 0. The molecule has 3 aliphatic heterocycles. The molecule has 2 fully saturated rings. The minimum atomic E-state index is -0.409. The highest BCUT2D eigenvalue weighted by molar-refractivity contribution is 5.85. The Morgan fingerprint density at radius 2 is 1.44 bits per heavy atom. The van der Waals surface area contributed by atoms with Gasteiger partial charge < -0.3 is 14.0 Å². The van der Waals surface area contributed by atoms with E-state index in [4.69, 9.17) is 9.47 Å². The molecule has 0 saturated carbocycles. The van der Waals surface area contributed by atoms with Crippen LogP contribution in [0.1, 0.15) is 42.7 Å². The maximum Gasteiger partial charge on any atom is 0.318 e. The summed E-state index contributed by atoms with van der Waals surface area (Å²) in [5.74, 6) is 0.947. The van der Waals surface area contributed by atoms with E-state index >= 15 is 0 Å². The van der Waals surface area contributed by atoms with Gasteiger partial charge in [0.05, 0.1) is 26.2 Å². The van der Waals surface area contributed by atoms with Crippen LogP contribution in [0.3, 0.4) is 0 Å². The van der Waals surface area contributed by atoms with Gasteiger partial charge in [0.15, 0.2) is 0 Å². The van der Waals surface area contributed by atoms with Crippen LogP contribution in [0.25, 0.3) is 0 Å². The first-order valence-corrected chi connectivity index (χ1v) is 9.93. The zero-order valence-electron chi connectivity index (χ0n) is 15.9. The van der Waals surface area contributed by atoms with Crippen molar-refractivity contribution in [2.24, 2.45) is 0 Å². The smallest absolute Gasteiger partial charge is 0.318 e. The van der Waals surface area contributed by atoms with Crippen molar-refractivity contribution in [2.45, 2.75) is 49.8 Å². The van der Waals surface area contributed by atoms with Crippen molar-refractivity contribution in [2.75, 3.05) is 14.1 Å². The van der Waals surface area contributed by atoms with Crippen LogP contribution in [0.15, 0.2) is 48.5 Å². The number of carbonyl (C=O) groups is 1. The quantitative estimate of drug-likeness (QED) is 0.591. The van der Waals surface area contributed by atoms with E-state index in [0.717, 1.165) is 40.0 Å². The Morgan fingerprint density at radius 1 is 0.926 bits per heavy atom. The second kappa shape index (κ2) is 6.10. The van der Waals surface area contributed by atoms with Gasteiger partial charge in [-0.3, -0.25) is 4.79 Å². The molecular weight excluding hydrogens is 338 g/mol. The van der Waals surface area contributed by atoms with E-state index in [1.807, 2.05) is 48.5 Å². The number of quaternary nitrogens is 1. The Hall–Kier alpha value is -2.33. The van der Waals surface area contributed by atoms with Crippen LogP contribution in [0, 0.1) is 0 Å². The van der Waals surface area contributed by atoms with Crippen molar-refractivity contribution in [3.05, 3.63) is 59.7 Å². The van der Waals surface area contributed by atoms with E-state index in [0.29, 0.717) is 12.1 Å². The maximum absolute atomic E-state index is 13.3. The third-order valence-corrected chi connectivity index (χ3v) is 6.98. The average Bonchev–Trinajstić information content (AvgIpc) is 2.83. The second-order valence-corrected chi connectivity index (χ2v) is 8.66. The molecule has 4 heteroatoms. The van der Waals surface area contributed by atoms with E-state index in [-0.39, 0.29) is 12.1 Å². The van der Waals surface area contributed by atoms with Gasteiger partial charge in [0, 0.05) is 36.8 Å². The summed E-state index contributed by atoms with van der Waals surface area (Å²) in [6.07, 6.45) is 4.47. The number of carbonyl (C=O) groups excluding carboxylic acids is 1. The lowest BCUT2D eigenvalue weighted by molar-refractivity contribution is -0.931. The number of fused-ring (bicyclic) bond motifs is 4. The Morgan fingerprint density at radius 3 is 2.00 bits per heavy atom. The summed E-state index contributed by atoms with van der Waals surface area (Å²) < 4.78 is 13.2. The number of hydrogen-bond donors (Lipinski definition) is 0. The van der Waals surface area contributed by atoms with Gasteiger partial charge in [-0.25, -0.2) is 0 Å². The normalized spacial score (nSPS) is 28.0. The molecule has 3 atom stereocenters. The van der Waals surface area contributed by atoms with Gasteiger partial charge in [-0.1, -0.05) is 36.4 Å². The van der Waals surface area contributed by atoms with Crippen molar-refractivity contribution in [3.63, 3.8) is 0 Å². The highest BCUT2D eigenvalue weighted by Crippen LogP contribution is 2.46. The minimum Gasteiger partial charge on any atom is -0.461 e. The molecule has 0 aromatic heterocycles. The molecular formula is C23H26NO3+. The predicted octanol–water partition coefficient (Wildman–Crippen LogP) is 4.24. The average molecular weight is 364 g/mol. The Balaban J connectivity index is 1.43. The van der Waals surface area contributed by atoms with Gasteiger partial charge in [0.2, 0.25) is 0 Å². The van der Waals surface area contributed by atoms with E-state index in [2.05, 4.69) is 14.1 Å². The van der Waals surface area contributed by atoms with Crippen molar-refractivity contribution in [1.82, 2.24) is 0 Å². The molecule has 2 bridgehead atoms. The van der Waals surface area contributed by atoms with E-state index in [1.54, 1.807) is 0 Å². The first kappa shape index (κ1) is 16.8. The molecule has 27 heavy (non-hydrogen) atoms. The second-order valence-electron chi connectivity index (χ2n) is 8.66. The minimum absolute atomic E-state index is 0.0309. The number of hydrogen-bond acceptors (Lipinski definition) is 3. The van der Waals surface area contributed by atoms with E-state index in [9.17, 15) is 4.79 Å². The molecule has 3 heterocycles. The highest BCUT2D eigenvalue weighted by atomic mass is 16.5. The number of ether oxygens (including phenoxy) is 2.